The van der Waals surface area contributed by atoms with Gasteiger partial charge in [-0.2, -0.15) is 0 Å². The van der Waals surface area contributed by atoms with Crippen molar-refractivity contribution in [3.8, 4) is 0 Å². The predicted molar refractivity (Wildman–Crippen MR) is 133 cm³/mol. The number of nitrogens with zero attached hydrogens (tertiary/aromatic N) is 1. The summed E-state index contributed by atoms with van der Waals surface area (Å²) in [5, 5.41) is 2.58. The van der Waals surface area contributed by atoms with Crippen LogP contribution in [0.1, 0.15) is 58.8 Å². The maximum absolute atomic E-state index is 13.8. The van der Waals surface area contributed by atoms with Gasteiger partial charge in [0.05, 0.1) is 6.54 Å². The largest absolute Gasteiger partial charge is 0.461 e. The number of esters is 1. The Kier molecular flexibility index (Phi) is 7.84. The van der Waals surface area contributed by atoms with Crippen LogP contribution in [0, 0.1) is 23.6 Å². The van der Waals surface area contributed by atoms with E-state index < -0.39 is 47.7 Å². The highest BCUT2D eigenvalue weighted by Gasteiger charge is 2.53. The lowest BCUT2D eigenvalue weighted by Crippen LogP contribution is -2.65. The molecule has 3 unspecified atom stereocenters. The number of carbonyl (C=O) groups excluding carboxylic acids is 4. The molecule has 4 aliphatic rings. The summed E-state index contributed by atoms with van der Waals surface area (Å²) >= 11 is 0. The number of nitrogens with one attached hydrogen (secondary N) is 1. The van der Waals surface area contributed by atoms with Crippen molar-refractivity contribution in [3.05, 3.63) is 35.9 Å². The van der Waals surface area contributed by atoms with Gasteiger partial charge in [-0.1, -0.05) is 30.3 Å². The van der Waals surface area contributed by atoms with Crippen LogP contribution < -0.4 is 16.8 Å². The molecule has 0 saturated heterocycles. The molecule has 4 aliphatic carbocycles. The molecule has 1 aromatic carbocycles. The van der Waals surface area contributed by atoms with E-state index in [0.717, 1.165) is 24.8 Å². The fraction of sp³-hybridized carbons (Fsp3) is 0.630. The zero-order chi connectivity index (χ0) is 26.7. The van der Waals surface area contributed by atoms with E-state index in [1.54, 1.807) is 6.92 Å². The van der Waals surface area contributed by atoms with E-state index in [9.17, 15) is 20.5 Å². The highest BCUT2D eigenvalue weighted by Crippen LogP contribution is 2.55. The monoisotopic (exact) mass is 499 g/mol. The molecule has 196 valence electrons. The maximum atomic E-state index is 13.8. The Morgan fingerprint density at radius 2 is 1.78 bits per heavy atom. The lowest BCUT2D eigenvalue weighted by atomic mass is 9.53. The van der Waals surface area contributed by atoms with Crippen LogP contribution >= 0.6 is 0 Å². The summed E-state index contributed by atoms with van der Waals surface area (Å²) in [6, 6.07) is 6.69. The Labute approximate surface area is 213 Å². The van der Waals surface area contributed by atoms with Crippen LogP contribution in [0.2, 0.25) is 0 Å². The van der Waals surface area contributed by atoms with E-state index in [2.05, 4.69) is 5.32 Å². The molecule has 9 heteroatoms. The van der Waals surface area contributed by atoms with Gasteiger partial charge in [0.25, 0.3) is 0 Å². The smallest absolute Gasteiger partial charge is 0.306 e. The number of ether oxygens (including phenoxy) is 1. The fourth-order valence-electron chi connectivity index (χ4n) is 6.58. The molecule has 0 aliphatic heterocycles. The molecule has 0 spiro atoms. The van der Waals surface area contributed by atoms with Gasteiger partial charge in [0.2, 0.25) is 17.7 Å². The van der Waals surface area contributed by atoms with Crippen molar-refractivity contribution in [2.24, 2.45) is 35.1 Å². The highest BCUT2D eigenvalue weighted by atomic mass is 16.5. The molecule has 3 amide bonds. The molecular formula is C27H38N4O5. The average molecular weight is 500 g/mol. The number of amides is 3. The van der Waals surface area contributed by atoms with Crippen molar-refractivity contribution in [3.63, 3.8) is 0 Å². The lowest BCUT2D eigenvalue weighted by Gasteiger charge is -2.58. The molecule has 0 radical (unpaired) electrons. The topological polar surface area (TPSA) is 145 Å². The minimum atomic E-state index is -1.10. The van der Waals surface area contributed by atoms with Gasteiger partial charge in [0.15, 0.2) is 0 Å². The molecule has 0 aromatic heterocycles. The zero-order valence-corrected chi connectivity index (χ0v) is 20.9. The van der Waals surface area contributed by atoms with E-state index in [1.807, 2.05) is 30.3 Å². The van der Waals surface area contributed by atoms with Gasteiger partial charge in [-0.3, -0.25) is 19.2 Å². The van der Waals surface area contributed by atoms with Crippen LogP contribution in [0.4, 0.5) is 0 Å². The first-order chi connectivity index (χ1) is 17.6. The molecule has 4 saturated carbocycles. The van der Waals surface area contributed by atoms with Gasteiger partial charge in [-0.25, -0.2) is 0 Å². The SMILES string of the molecule is [2H]C12CC3CC(CC(C3)C1N(C(=O)[C@H](C)NC(=O)CN)[C@H](CCC(=O)OCc1ccccc1)C(N)=O)C2. The number of carbonyl (C=O) groups is 4. The molecule has 9 nitrogen and oxygen atoms in total. The van der Waals surface area contributed by atoms with Crippen molar-refractivity contribution in [1.82, 2.24) is 10.2 Å². The van der Waals surface area contributed by atoms with Gasteiger partial charge >= 0.3 is 5.97 Å². The van der Waals surface area contributed by atoms with E-state index in [-0.39, 0.29) is 31.9 Å². The van der Waals surface area contributed by atoms with Crippen molar-refractivity contribution in [2.45, 2.75) is 76.6 Å². The fourth-order valence-corrected chi connectivity index (χ4v) is 6.58. The maximum Gasteiger partial charge on any atom is 0.306 e. The van der Waals surface area contributed by atoms with Crippen molar-refractivity contribution >= 4 is 23.7 Å². The molecular weight excluding hydrogens is 460 g/mol. The Bertz CT molecular complexity index is 1010. The van der Waals surface area contributed by atoms with Crippen LogP contribution in [0.25, 0.3) is 0 Å². The van der Waals surface area contributed by atoms with Crippen LogP contribution in [-0.4, -0.2) is 53.3 Å². The summed E-state index contributed by atoms with van der Waals surface area (Å²) in [6.45, 7) is 1.37. The standard InChI is InChI=1S/C27H38N4O5/c1-16(30-23(32)14-28)27(35)31(25-20-10-18-9-19(12-20)13-21(25)11-18)22(26(29)34)7-8-24(33)36-15-17-5-3-2-4-6-17/h2-6,16,18-22,25H,7-15,28H2,1H3,(H2,29,34)(H,30,32)/t16-,18?,19?,20?,21?,22+,25?/m0/s1/i20D. The van der Waals surface area contributed by atoms with Crippen molar-refractivity contribution < 1.29 is 25.3 Å². The van der Waals surface area contributed by atoms with E-state index in [1.165, 1.54) is 4.90 Å². The molecule has 4 fully saturated rings. The Morgan fingerprint density at radius 1 is 1.11 bits per heavy atom. The normalized spacial score (nSPS) is 30.1. The molecule has 5 atom stereocenters. The van der Waals surface area contributed by atoms with Crippen LogP contribution in [-0.2, 0) is 30.5 Å². The van der Waals surface area contributed by atoms with Gasteiger partial charge in [0.1, 0.15) is 18.7 Å². The summed E-state index contributed by atoms with van der Waals surface area (Å²) in [6.07, 6.45) is 4.14. The van der Waals surface area contributed by atoms with Gasteiger partial charge in [0, 0.05) is 13.8 Å². The predicted octanol–water partition coefficient (Wildman–Crippen LogP) is 1.48. The third-order valence-electron chi connectivity index (χ3n) is 7.92. The average Bonchev–Trinajstić information content (AvgIpc) is 2.85. The number of hydrogen-bond acceptors (Lipinski definition) is 6. The van der Waals surface area contributed by atoms with Gasteiger partial charge < -0.3 is 26.4 Å². The highest BCUT2D eigenvalue weighted by molar-refractivity contribution is 5.92. The van der Waals surface area contributed by atoms with E-state index in [0.29, 0.717) is 24.7 Å². The molecule has 4 bridgehead atoms. The molecule has 1 aromatic rings. The van der Waals surface area contributed by atoms with Crippen LogP contribution in [0.5, 0.6) is 0 Å². The number of rotatable bonds is 11. The summed E-state index contributed by atoms with van der Waals surface area (Å²) in [7, 11) is 0. The minimum Gasteiger partial charge on any atom is -0.461 e. The third-order valence-corrected chi connectivity index (χ3v) is 7.92. The number of primary amides is 1. The Balaban J connectivity index is 1.54. The van der Waals surface area contributed by atoms with Crippen molar-refractivity contribution in [2.75, 3.05) is 6.54 Å². The minimum absolute atomic E-state index is 0.0155. The second-order valence-electron chi connectivity index (χ2n) is 10.6. The first-order valence-corrected chi connectivity index (χ1v) is 12.9. The first kappa shape index (κ1) is 24.7. The quantitative estimate of drug-likeness (QED) is 0.393. The Morgan fingerprint density at radius 3 is 2.36 bits per heavy atom. The second kappa shape index (κ2) is 11.4. The van der Waals surface area contributed by atoms with E-state index in [4.69, 9.17) is 16.2 Å². The summed E-state index contributed by atoms with van der Waals surface area (Å²) in [5.41, 5.74) is 12.1. The second-order valence-corrected chi connectivity index (χ2v) is 10.6. The molecule has 5 N–H and O–H groups in total. The number of benzene rings is 1. The van der Waals surface area contributed by atoms with Crippen LogP contribution in [0.3, 0.4) is 0 Å². The van der Waals surface area contributed by atoms with Crippen LogP contribution in [0.15, 0.2) is 30.3 Å². The Hall–Kier alpha value is -2.94. The summed E-state index contributed by atoms with van der Waals surface area (Å²) in [4.78, 5) is 52.6. The summed E-state index contributed by atoms with van der Waals surface area (Å²) in [5.74, 6) is -2.11. The van der Waals surface area contributed by atoms with Gasteiger partial charge in [-0.15, -0.1) is 0 Å². The zero-order valence-electron chi connectivity index (χ0n) is 21.9. The van der Waals surface area contributed by atoms with E-state index >= 15 is 0 Å². The molecule has 5 rings (SSSR count). The lowest BCUT2D eigenvalue weighted by molar-refractivity contribution is -0.157. The molecule has 36 heavy (non-hydrogen) atoms. The summed E-state index contributed by atoms with van der Waals surface area (Å²) < 4.78 is 14.7. The first-order valence-electron chi connectivity index (χ1n) is 13.4. The number of hydrogen-bond donors (Lipinski definition) is 3. The molecule has 0 heterocycles. The number of nitrogens with two attached hydrogens (primary N) is 2. The van der Waals surface area contributed by atoms with Gasteiger partial charge in [-0.05, 0) is 74.7 Å². The third kappa shape index (κ3) is 5.88. The van der Waals surface area contributed by atoms with Crippen molar-refractivity contribution in [1.29, 1.82) is 0 Å².